The average molecular weight is 640 g/mol. The van der Waals surface area contributed by atoms with Crippen LogP contribution in [0.1, 0.15) is 53.1 Å². The van der Waals surface area contributed by atoms with Crippen LogP contribution in [0.4, 0.5) is 11.4 Å². The number of methoxy groups -OCH3 is 1. The first-order chi connectivity index (χ1) is 20.5. The van der Waals surface area contributed by atoms with E-state index in [2.05, 4.69) is 0 Å². The number of nitrogens with zero attached hydrogens (tertiary/aromatic N) is 2. The maximum atomic E-state index is 13.5. The molecule has 13 heteroatoms. The molecule has 1 aliphatic heterocycles. The first kappa shape index (κ1) is 29.7. The van der Waals surface area contributed by atoms with Crippen molar-refractivity contribution in [2.45, 2.75) is 6.10 Å². The van der Waals surface area contributed by atoms with Gasteiger partial charge >= 0.3 is 5.97 Å². The second-order valence-corrected chi connectivity index (χ2v) is 10.3. The number of nitro groups is 1. The van der Waals surface area contributed by atoms with Crippen LogP contribution in [0.25, 0.3) is 0 Å². The lowest BCUT2D eigenvalue weighted by atomic mass is 9.99. The second-order valence-electron chi connectivity index (χ2n) is 9.13. The molecule has 5 rings (SSSR count). The lowest BCUT2D eigenvalue weighted by Gasteiger charge is -2.20. The summed E-state index contributed by atoms with van der Waals surface area (Å²) in [6.45, 7) is 0. The summed E-state index contributed by atoms with van der Waals surface area (Å²) in [7, 11) is 1.24. The van der Waals surface area contributed by atoms with Gasteiger partial charge in [0, 0.05) is 29.3 Å². The fourth-order valence-corrected chi connectivity index (χ4v) is 5.04. The average Bonchev–Trinajstić information content (AvgIpc) is 3.24. The number of Topliss-reactive ketones (excluding diaryl/α,β-unsaturated/α-hetero) is 1. The van der Waals surface area contributed by atoms with E-state index in [0.717, 1.165) is 11.0 Å². The minimum atomic E-state index is -1.50. The highest BCUT2D eigenvalue weighted by Crippen LogP contribution is 2.40. The Balaban J connectivity index is 1.50. The van der Waals surface area contributed by atoms with E-state index in [-0.39, 0.29) is 60.0 Å². The second kappa shape index (κ2) is 11.8. The minimum absolute atomic E-state index is 0.0169. The number of fused-ring (bicyclic) bond motifs is 1. The molecular weight excluding hydrogens is 623 g/mol. The summed E-state index contributed by atoms with van der Waals surface area (Å²) >= 11 is 18.6. The summed E-state index contributed by atoms with van der Waals surface area (Å²) in [5, 5.41) is 11.1. The van der Waals surface area contributed by atoms with Crippen LogP contribution in [0.3, 0.4) is 0 Å². The van der Waals surface area contributed by atoms with E-state index in [1.807, 2.05) is 0 Å². The monoisotopic (exact) mass is 638 g/mol. The zero-order valence-electron chi connectivity index (χ0n) is 21.9. The van der Waals surface area contributed by atoms with Crippen LogP contribution in [0.5, 0.6) is 5.75 Å². The number of halogens is 3. The number of carbonyl (C=O) groups is 4. The maximum absolute atomic E-state index is 13.5. The van der Waals surface area contributed by atoms with Gasteiger partial charge in [0.25, 0.3) is 17.5 Å². The molecule has 4 aromatic rings. The molecule has 4 aromatic carbocycles. The summed E-state index contributed by atoms with van der Waals surface area (Å²) in [4.78, 5) is 64.6. The number of esters is 1. The van der Waals surface area contributed by atoms with Crippen molar-refractivity contribution in [2.75, 3.05) is 12.0 Å². The van der Waals surface area contributed by atoms with Crippen molar-refractivity contribution in [3.05, 3.63) is 132 Å². The Hall–Kier alpha value is -4.77. The van der Waals surface area contributed by atoms with Gasteiger partial charge in [0.1, 0.15) is 11.3 Å². The molecule has 1 heterocycles. The molecule has 0 saturated heterocycles. The predicted molar refractivity (Wildman–Crippen MR) is 158 cm³/mol. The van der Waals surface area contributed by atoms with Crippen molar-refractivity contribution in [2.24, 2.45) is 0 Å². The van der Waals surface area contributed by atoms with E-state index < -0.39 is 34.6 Å². The van der Waals surface area contributed by atoms with Crippen molar-refractivity contribution in [1.29, 1.82) is 0 Å². The van der Waals surface area contributed by atoms with Gasteiger partial charge in [-0.3, -0.25) is 24.5 Å². The highest BCUT2D eigenvalue weighted by Gasteiger charge is 2.39. The van der Waals surface area contributed by atoms with Crippen molar-refractivity contribution in [3.8, 4) is 5.75 Å². The van der Waals surface area contributed by atoms with Crippen LogP contribution in [-0.2, 0) is 4.74 Å². The summed E-state index contributed by atoms with van der Waals surface area (Å²) in [5.41, 5.74) is -0.0792. The largest absolute Gasteiger partial charge is 0.496 e. The van der Waals surface area contributed by atoms with Crippen molar-refractivity contribution < 1.29 is 33.6 Å². The van der Waals surface area contributed by atoms with Gasteiger partial charge in [0.15, 0.2) is 6.10 Å². The molecule has 0 saturated carbocycles. The number of hydrogen-bond donors (Lipinski definition) is 0. The molecular formula is C30H17Cl3N2O8. The Morgan fingerprint density at radius 1 is 0.837 bits per heavy atom. The number of rotatable bonds is 8. The van der Waals surface area contributed by atoms with Crippen LogP contribution in [0, 0.1) is 10.1 Å². The van der Waals surface area contributed by atoms with Crippen molar-refractivity contribution >= 4 is 69.7 Å². The fraction of sp³-hybridized carbons (Fsp3) is 0.0667. The van der Waals surface area contributed by atoms with Gasteiger partial charge in [-0.2, -0.15) is 0 Å². The standard InChI is InChI=1S/C30H17Cl3N2O8/c1-42-25-14-24(34-28(37)18-11-21(31)22(32)12-19(18)29(34)38)23(33)13-20(25)30(39)43-27(26(36)15-5-3-2-4-6-15)16-7-9-17(10-8-16)35(40)41/h2-14,27H,1H3/t27-/m0/s1. The predicted octanol–water partition coefficient (Wildman–Crippen LogP) is 7.15. The molecule has 2 amide bonds. The maximum Gasteiger partial charge on any atom is 0.343 e. The van der Waals surface area contributed by atoms with Crippen LogP contribution in [0.15, 0.2) is 78.9 Å². The van der Waals surface area contributed by atoms with Crippen LogP contribution < -0.4 is 9.64 Å². The van der Waals surface area contributed by atoms with Gasteiger partial charge in [0.2, 0.25) is 5.78 Å². The molecule has 0 unspecified atom stereocenters. The summed E-state index contributed by atoms with van der Waals surface area (Å²) in [6.07, 6.45) is -1.50. The highest BCUT2D eigenvalue weighted by molar-refractivity contribution is 6.45. The van der Waals surface area contributed by atoms with Crippen LogP contribution in [-0.4, -0.2) is 35.6 Å². The lowest BCUT2D eigenvalue weighted by molar-refractivity contribution is -0.384. The summed E-state index contributed by atoms with van der Waals surface area (Å²) in [5.74, 6) is -3.17. The molecule has 1 atom stereocenters. The molecule has 0 aromatic heterocycles. The smallest absolute Gasteiger partial charge is 0.343 e. The SMILES string of the molecule is COc1cc(N2C(=O)c3cc(Cl)c(Cl)cc3C2=O)c(Cl)cc1C(=O)O[C@H](C(=O)c1ccccc1)c1ccc([N+](=O)[O-])cc1. The van der Waals surface area contributed by atoms with Crippen molar-refractivity contribution in [1.82, 2.24) is 0 Å². The zero-order chi connectivity index (χ0) is 31.0. The zero-order valence-corrected chi connectivity index (χ0v) is 24.1. The molecule has 0 spiro atoms. The van der Waals surface area contributed by atoms with Gasteiger partial charge in [-0.25, -0.2) is 9.69 Å². The summed E-state index contributed by atoms with van der Waals surface area (Å²) < 4.78 is 11.0. The number of non-ortho nitro benzene ring substituents is 1. The number of ketones is 1. The van der Waals surface area contributed by atoms with E-state index in [1.165, 1.54) is 61.7 Å². The van der Waals surface area contributed by atoms with Gasteiger partial charge in [-0.05, 0) is 30.3 Å². The van der Waals surface area contributed by atoms with E-state index in [0.29, 0.717) is 0 Å². The first-order valence-electron chi connectivity index (χ1n) is 12.3. The normalized spacial score (nSPS) is 13.0. The third-order valence-corrected chi connectivity index (χ3v) is 7.61. The number of hydrogen-bond acceptors (Lipinski definition) is 8. The molecule has 216 valence electrons. The molecule has 10 nitrogen and oxygen atoms in total. The molecule has 0 fully saturated rings. The third kappa shape index (κ3) is 5.55. The highest BCUT2D eigenvalue weighted by atomic mass is 35.5. The number of amides is 2. The fourth-order valence-electron chi connectivity index (χ4n) is 4.46. The molecule has 1 aliphatic rings. The Bertz CT molecular complexity index is 1790. The quantitative estimate of drug-likeness (QED) is 0.0653. The Morgan fingerprint density at radius 3 is 1.95 bits per heavy atom. The van der Waals surface area contributed by atoms with E-state index in [1.54, 1.807) is 18.2 Å². The first-order valence-corrected chi connectivity index (χ1v) is 13.4. The number of anilines is 1. The number of ether oxygens (including phenoxy) is 2. The molecule has 43 heavy (non-hydrogen) atoms. The van der Waals surface area contributed by atoms with Crippen LogP contribution in [0.2, 0.25) is 15.1 Å². The Labute approximate surface area is 258 Å². The number of imide groups is 1. The Morgan fingerprint density at radius 2 is 1.42 bits per heavy atom. The van der Waals surface area contributed by atoms with E-state index >= 15 is 0 Å². The number of nitro benzene ring substituents is 1. The van der Waals surface area contributed by atoms with Gasteiger partial charge in [-0.1, -0.05) is 65.1 Å². The molecule has 0 bridgehead atoms. The van der Waals surface area contributed by atoms with Gasteiger partial charge in [-0.15, -0.1) is 0 Å². The topological polar surface area (TPSA) is 133 Å². The van der Waals surface area contributed by atoms with Gasteiger partial charge in [0.05, 0.1) is 43.9 Å². The number of benzene rings is 4. The Kier molecular flexibility index (Phi) is 8.19. The third-order valence-electron chi connectivity index (χ3n) is 6.59. The minimum Gasteiger partial charge on any atom is -0.496 e. The van der Waals surface area contributed by atoms with Crippen LogP contribution >= 0.6 is 34.8 Å². The number of carbonyl (C=O) groups excluding carboxylic acids is 4. The van der Waals surface area contributed by atoms with Gasteiger partial charge < -0.3 is 9.47 Å². The molecule has 0 aliphatic carbocycles. The lowest BCUT2D eigenvalue weighted by Crippen LogP contribution is -2.30. The molecule has 0 radical (unpaired) electrons. The van der Waals surface area contributed by atoms with E-state index in [9.17, 15) is 29.3 Å². The van der Waals surface area contributed by atoms with Crippen molar-refractivity contribution in [3.63, 3.8) is 0 Å². The molecule has 0 N–H and O–H groups in total. The van der Waals surface area contributed by atoms with E-state index in [4.69, 9.17) is 44.3 Å². The summed E-state index contributed by atoms with van der Waals surface area (Å²) in [6, 6.07) is 17.9.